The van der Waals surface area contributed by atoms with Crippen LogP contribution in [0.25, 0.3) is 0 Å². The van der Waals surface area contributed by atoms with Crippen LogP contribution in [0.1, 0.15) is 34.1 Å². The van der Waals surface area contributed by atoms with Gasteiger partial charge in [0.2, 0.25) is 0 Å². The second kappa shape index (κ2) is 6.29. The van der Waals surface area contributed by atoms with E-state index in [2.05, 4.69) is 62.2 Å². The fourth-order valence-electron chi connectivity index (χ4n) is 2.55. The van der Waals surface area contributed by atoms with Crippen molar-refractivity contribution in [3.8, 4) is 5.75 Å². The van der Waals surface area contributed by atoms with E-state index in [0.29, 0.717) is 12.1 Å². The van der Waals surface area contributed by atoms with E-state index in [0.717, 1.165) is 18.8 Å². The quantitative estimate of drug-likeness (QED) is 0.902. The van der Waals surface area contributed by atoms with Gasteiger partial charge in [0.1, 0.15) is 5.75 Å². The van der Waals surface area contributed by atoms with E-state index in [1.54, 1.807) is 0 Å². The summed E-state index contributed by atoms with van der Waals surface area (Å²) in [5.74, 6) is 0.952. The van der Waals surface area contributed by atoms with Gasteiger partial charge < -0.3 is 15.0 Å². The molecule has 1 aromatic rings. The molecule has 3 nitrogen and oxygen atoms in total. The first-order valence-corrected chi connectivity index (χ1v) is 7.37. The lowest BCUT2D eigenvalue weighted by Gasteiger charge is -2.40. The molecule has 2 atom stereocenters. The van der Waals surface area contributed by atoms with Gasteiger partial charge in [-0.15, -0.1) is 0 Å². The fourth-order valence-corrected chi connectivity index (χ4v) is 2.55. The van der Waals surface area contributed by atoms with Gasteiger partial charge in [-0.25, -0.2) is 0 Å². The summed E-state index contributed by atoms with van der Waals surface area (Å²) in [5.41, 5.74) is 1.29. The highest BCUT2D eigenvalue weighted by Gasteiger charge is 2.23. The van der Waals surface area contributed by atoms with Crippen molar-refractivity contribution in [3.05, 3.63) is 24.3 Å². The van der Waals surface area contributed by atoms with Gasteiger partial charge in [-0.2, -0.15) is 0 Å². The first-order valence-electron chi connectivity index (χ1n) is 7.37. The summed E-state index contributed by atoms with van der Waals surface area (Å²) in [7, 11) is 0. The lowest BCUT2D eigenvalue weighted by atomic mass is 10.1. The molecule has 1 aliphatic heterocycles. The van der Waals surface area contributed by atoms with E-state index in [-0.39, 0.29) is 6.10 Å². The highest BCUT2D eigenvalue weighted by atomic mass is 16.5. The normalized spacial score (nSPS) is 23.7. The van der Waals surface area contributed by atoms with Crippen LogP contribution < -0.4 is 15.0 Å². The summed E-state index contributed by atoms with van der Waals surface area (Å²) in [5, 5.41) is 3.59. The average molecular weight is 262 g/mol. The monoisotopic (exact) mass is 262 g/mol. The molecule has 1 N–H and O–H groups in total. The van der Waals surface area contributed by atoms with Crippen LogP contribution in [0.3, 0.4) is 0 Å². The number of hydrogen-bond acceptors (Lipinski definition) is 3. The number of anilines is 1. The number of rotatable bonds is 4. The molecular weight excluding hydrogens is 236 g/mol. The first-order chi connectivity index (χ1) is 9.10. The third-order valence-corrected chi connectivity index (χ3v) is 3.68. The third kappa shape index (κ3) is 3.63. The summed E-state index contributed by atoms with van der Waals surface area (Å²) in [4.78, 5) is 2.49. The summed E-state index contributed by atoms with van der Waals surface area (Å²) in [6.07, 6.45) is 1.41. The predicted octanol–water partition coefficient (Wildman–Crippen LogP) is 3.05. The van der Waals surface area contributed by atoms with Gasteiger partial charge in [-0.1, -0.05) is 6.92 Å². The standard InChI is InChI=1S/C16H26N2O/c1-5-14-11-18(13(4)10-17-14)15-6-8-16(9-7-15)19-12(2)3/h6-9,12-14,17H,5,10-11H2,1-4H3. The van der Waals surface area contributed by atoms with Gasteiger partial charge in [-0.05, 0) is 51.5 Å². The van der Waals surface area contributed by atoms with Crippen molar-refractivity contribution in [1.82, 2.24) is 5.32 Å². The Hall–Kier alpha value is -1.22. The Morgan fingerprint density at radius 1 is 1.32 bits per heavy atom. The topological polar surface area (TPSA) is 24.5 Å². The van der Waals surface area contributed by atoms with Crippen molar-refractivity contribution < 1.29 is 4.74 Å². The lowest BCUT2D eigenvalue weighted by Crippen LogP contribution is -2.55. The van der Waals surface area contributed by atoms with Crippen molar-refractivity contribution in [2.75, 3.05) is 18.0 Å². The molecular formula is C16H26N2O. The third-order valence-electron chi connectivity index (χ3n) is 3.68. The van der Waals surface area contributed by atoms with Gasteiger partial charge >= 0.3 is 0 Å². The summed E-state index contributed by atoms with van der Waals surface area (Å²) in [6.45, 7) is 10.8. The molecule has 1 saturated heterocycles. The number of nitrogens with zero attached hydrogens (tertiary/aromatic N) is 1. The highest BCUT2D eigenvalue weighted by Crippen LogP contribution is 2.24. The molecule has 1 aromatic carbocycles. The minimum Gasteiger partial charge on any atom is -0.491 e. The van der Waals surface area contributed by atoms with Crippen LogP contribution >= 0.6 is 0 Å². The smallest absolute Gasteiger partial charge is 0.119 e. The Kier molecular flexibility index (Phi) is 4.70. The summed E-state index contributed by atoms with van der Waals surface area (Å²) in [6, 6.07) is 9.64. The molecule has 3 heteroatoms. The zero-order valence-corrected chi connectivity index (χ0v) is 12.5. The Labute approximate surface area is 116 Å². The van der Waals surface area contributed by atoms with Gasteiger partial charge in [0.25, 0.3) is 0 Å². The van der Waals surface area contributed by atoms with Crippen molar-refractivity contribution in [2.45, 2.75) is 52.3 Å². The molecule has 106 valence electrons. The molecule has 1 aliphatic rings. The van der Waals surface area contributed by atoms with Crippen molar-refractivity contribution in [3.63, 3.8) is 0 Å². The minimum absolute atomic E-state index is 0.230. The molecule has 1 fully saturated rings. The SMILES string of the molecule is CCC1CN(c2ccc(OC(C)C)cc2)C(C)CN1. The van der Waals surface area contributed by atoms with Crippen molar-refractivity contribution in [1.29, 1.82) is 0 Å². The molecule has 1 heterocycles. The predicted molar refractivity (Wildman–Crippen MR) is 81.1 cm³/mol. The molecule has 2 rings (SSSR count). The zero-order chi connectivity index (χ0) is 13.8. The number of benzene rings is 1. The largest absolute Gasteiger partial charge is 0.491 e. The number of piperazine rings is 1. The van der Waals surface area contributed by atoms with E-state index in [9.17, 15) is 0 Å². The van der Waals surface area contributed by atoms with Crippen LogP contribution in [0, 0.1) is 0 Å². The second-order valence-electron chi connectivity index (χ2n) is 5.68. The Morgan fingerprint density at radius 3 is 2.58 bits per heavy atom. The Balaban J connectivity index is 2.07. The number of nitrogens with one attached hydrogen (secondary N) is 1. The molecule has 0 amide bonds. The molecule has 2 unspecified atom stereocenters. The van der Waals surface area contributed by atoms with Crippen LogP contribution in [0.4, 0.5) is 5.69 Å². The molecule has 0 bridgehead atoms. The molecule has 0 saturated carbocycles. The lowest BCUT2D eigenvalue weighted by molar-refractivity contribution is 0.242. The second-order valence-corrected chi connectivity index (χ2v) is 5.68. The van der Waals surface area contributed by atoms with E-state index in [1.807, 2.05) is 0 Å². The van der Waals surface area contributed by atoms with E-state index >= 15 is 0 Å². The van der Waals surface area contributed by atoms with E-state index in [1.165, 1.54) is 12.1 Å². The Morgan fingerprint density at radius 2 is 2.00 bits per heavy atom. The fraction of sp³-hybridized carbons (Fsp3) is 0.625. The van der Waals surface area contributed by atoms with Gasteiger partial charge in [-0.3, -0.25) is 0 Å². The summed E-state index contributed by atoms with van der Waals surface area (Å²) < 4.78 is 5.69. The molecule has 0 aliphatic carbocycles. The molecule has 0 aromatic heterocycles. The average Bonchev–Trinajstić information content (AvgIpc) is 2.40. The van der Waals surface area contributed by atoms with Crippen LogP contribution in [0.2, 0.25) is 0 Å². The number of ether oxygens (including phenoxy) is 1. The molecule has 19 heavy (non-hydrogen) atoms. The maximum Gasteiger partial charge on any atom is 0.119 e. The number of hydrogen-bond donors (Lipinski definition) is 1. The van der Waals surface area contributed by atoms with Gasteiger partial charge in [0.05, 0.1) is 6.10 Å². The zero-order valence-electron chi connectivity index (χ0n) is 12.5. The van der Waals surface area contributed by atoms with Crippen molar-refractivity contribution in [2.24, 2.45) is 0 Å². The van der Waals surface area contributed by atoms with Crippen LogP contribution in [0.5, 0.6) is 5.75 Å². The maximum atomic E-state index is 5.69. The molecule has 0 spiro atoms. The highest BCUT2D eigenvalue weighted by molar-refractivity contribution is 5.50. The van der Waals surface area contributed by atoms with Crippen LogP contribution in [-0.2, 0) is 0 Å². The Bertz CT molecular complexity index is 388. The van der Waals surface area contributed by atoms with Crippen LogP contribution in [-0.4, -0.2) is 31.3 Å². The van der Waals surface area contributed by atoms with Crippen molar-refractivity contribution >= 4 is 5.69 Å². The first kappa shape index (κ1) is 14.2. The van der Waals surface area contributed by atoms with Crippen LogP contribution in [0.15, 0.2) is 24.3 Å². The maximum absolute atomic E-state index is 5.69. The minimum atomic E-state index is 0.230. The summed E-state index contributed by atoms with van der Waals surface area (Å²) >= 11 is 0. The molecule has 0 radical (unpaired) electrons. The van der Waals surface area contributed by atoms with E-state index < -0.39 is 0 Å². The van der Waals surface area contributed by atoms with Gasteiger partial charge in [0, 0.05) is 30.9 Å². The van der Waals surface area contributed by atoms with E-state index in [4.69, 9.17) is 4.74 Å². The van der Waals surface area contributed by atoms with Gasteiger partial charge in [0.15, 0.2) is 0 Å².